The lowest BCUT2D eigenvalue weighted by Crippen LogP contribution is -2.49. The maximum absolute atomic E-state index is 12.1. The van der Waals surface area contributed by atoms with Gasteiger partial charge < -0.3 is 19.5 Å². The van der Waals surface area contributed by atoms with Gasteiger partial charge in [0.05, 0.1) is 18.8 Å². The van der Waals surface area contributed by atoms with Crippen molar-refractivity contribution < 1.29 is 19.4 Å². The fourth-order valence-corrected chi connectivity index (χ4v) is 3.12. The Balaban J connectivity index is 1.46. The number of rotatable bonds is 4. The highest BCUT2D eigenvalue weighted by molar-refractivity contribution is 5.67. The van der Waals surface area contributed by atoms with E-state index in [9.17, 15) is 9.90 Å². The number of benzene rings is 1. The average Bonchev–Trinajstić information content (AvgIpc) is 2.52. The molecule has 2 aliphatic heterocycles. The van der Waals surface area contributed by atoms with Gasteiger partial charge in [-0.05, 0) is 18.4 Å². The van der Waals surface area contributed by atoms with Crippen LogP contribution < -0.4 is 0 Å². The van der Waals surface area contributed by atoms with E-state index >= 15 is 0 Å². The first-order valence-electron chi connectivity index (χ1n) is 8.24. The molecule has 5 heteroatoms. The summed E-state index contributed by atoms with van der Waals surface area (Å²) in [5.41, 5.74) is 0.370. The van der Waals surface area contributed by atoms with Crippen LogP contribution in [0.2, 0.25) is 0 Å². The van der Waals surface area contributed by atoms with Gasteiger partial charge in [0, 0.05) is 24.9 Å². The fourth-order valence-electron chi connectivity index (χ4n) is 3.12. The van der Waals surface area contributed by atoms with E-state index in [-0.39, 0.29) is 11.5 Å². The van der Waals surface area contributed by atoms with Crippen LogP contribution in [-0.2, 0) is 15.9 Å². The number of hydrogen-bond donors (Lipinski definition) is 1. The maximum Gasteiger partial charge on any atom is 0.409 e. The molecule has 0 aliphatic carbocycles. The van der Waals surface area contributed by atoms with Crippen molar-refractivity contribution in [3.8, 4) is 0 Å². The number of carbonyl (C=O) groups excluding carboxylic acids is 1. The number of likely N-dealkylation sites (tertiary alicyclic amines) is 1. The van der Waals surface area contributed by atoms with Crippen molar-refractivity contribution in [1.82, 2.24) is 4.90 Å². The van der Waals surface area contributed by atoms with Gasteiger partial charge in [-0.15, -0.1) is 0 Å². The fraction of sp³-hybridized carbons (Fsp3) is 0.611. The van der Waals surface area contributed by atoms with Gasteiger partial charge in [0.1, 0.15) is 6.61 Å². The van der Waals surface area contributed by atoms with Gasteiger partial charge in [-0.25, -0.2) is 4.79 Å². The van der Waals surface area contributed by atoms with E-state index in [4.69, 9.17) is 9.47 Å². The molecule has 126 valence electrons. The zero-order chi connectivity index (χ0) is 16.3. The molecule has 3 rings (SSSR count). The molecule has 0 saturated carbocycles. The topological polar surface area (TPSA) is 59.0 Å². The lowest BCUT2D eigenvalue weighted by Gasteiger charge is -2.40. The van der Waals surface area contributed by atoms with Crippen molar-refractivity contribution in [2.45, 2.75) is 31.8 Å². The van der Waals surface area contributed by atoms with E-state index in [0.29, 0.717) is 52.2 Å². The molecular weight excluding hydrogens is 294 g/mol. The normalized spacial score (nSPS) is 22.3. The highest BCUT2D eigenvalue weighted by atomic mass is 16.6. The minimum absolute atomic E-state index is 0.0283. The number of hydrogen-bond acceptors (Lipinski definition) is 4. The molecule has 2 heterocycles. The molecule has 2 saturated heterocycles. The quantitative estimate of drug-likeness (QED) is 0.924. The Morgan fingerprint density at radius 1 is 1.26 bits per heavy atom. The molecule has 0 bridgehead atoms. The van der Waals surface area contributed by atoms with E-state index in [1.807, 2.05) is 30.3 Å². The van der Waals surface area contributed by atoms with E-state index in [1.54, 1.807) is 4.90 Å². The number of amides is 1. The lowest BCUT2D eigenvalue weighted by molar-refractivity contribution is -0.129. The predicted octanol–water partition coefficient (Wildman–Crippen LogP) is 2.23. The smallest absolute Gasteiger partial charge is 0.409 e. The lowest BCUT2D eigenvalue weighted by atomic mass is 9.85. The molecule has 23 heavy (non-hydrogen) atoms. The Hall–Kier alpha value is -1.59. The minimum Gasteiger partial charge on any atom is -0.449 e. The van der Waals surface area contributed by atoms with Crippen LogP contribution in [0.3, 0.4) is 0 Å². The summed E-state index contributed by atoms with van der Waals surface area (Å²) >= 11 is 0. The van der Waals surface area contributed by atoms with Crippen molar-refractivity contribution in [2.24, 2.45) is 5.41 Å². The zero-order valence-electron chi connectivity index (χ0n) is 13.7. The Bertz CT molecular complexity index is 533. The highest BCUT2D eigenvalue weighted by Crippen LogP contribution is 2.29. The SMILES string of the molecule is CC1(COC(=O)N2CCC(O)(Cc3ccccc3)CC2)COC1. The van der Waals surface area contributed by atoms with Crippen LogP contribution in [0, 0.1) is 5.41 Å². The summed E-state index contributed by atoms with van der Waals surface area (Å²) in [5, 5.41) is 10.7. The number of ether oxygens (including phenoxy) is 2. The van der Waals surface area contributed by atoms with Crippen molar-refractivity contribution in [3.63, 3.8) is 0 Å². The summed E-state index contributed by atoms with van der Waals surface area (Å²) in [6.07, 6.45) is 1.51. The molecule has 1 aromatic rings. The third-order valence-corrected chi connectivity index (χ3v) is 4.77. The first-order valence-corrected chi connectivity index (χ1v) is 8.24. The van der Waals surface area contributed by atoms with Crippen LogP contribution >= 0.6 is 0 Å². The number of carbonyl (C=O) groups is 1. The van der Waals surface area contributed by atoms with Crippen molar-refractivity contribution >= 4 is 6.09 Å². The highest BCUT2D eigenvalue weighted by Gasteiger charge is 2.37. The first kappa shape index (κ1) is 16.3. The molecule has 2 fully saturated rings. The molecule has 0 unspecified atom stereocenters. The Morgan fingerprint density at radius 3 is 2.48 bits per heavy atom. The average molecular weight is 319 g/mol. The Morgan fingerprint density at radius 2 is 1.91 bits per heavy atom. The van der Waals surface area contributed by atoms with Crippen LogP contribution in [0.15, 0.2) is 30.3 Å². The maximum atomic E-state index is 12.1. The van der Waals surface area contributed by atoms with Gasteiger partial charge >= 0.3 is 6.09 Å². The third-order valence-electron chi connectivity index (χ3n) is 4.77. The number of nitrogens with zero attached hydrogens (tertiary/aromatic N) is 1. The van der Waals surface area contributed by atoms with E-state index in [1.165, 1.54) is 0 Å². The van der Waals surface area contributed by atoms with Crippen LogP contribution in [0.1, 0.15) is 25.3 Å². The van der Waals surface area contributed by atoms with Crippen LogP contribution in [-0.4, -0.2) is 54.6 Å². The van der Waals surface area contributed by atoms with Gasteiger partial charge in [0.2, 0.25) is 0 Å². The second-order valence-electron chi connectivity index (χ2n) is 7.23. The summed E-state index contributed by atoms with van der Waals surface area (Å²) < 4.78 is 10.6. The molecule has 0 aromatic heterocycles. The first-order chi connectivity index (χ1) is 11.0. The van der Waals surface area contributed by atoms with Crippen LogP contribution in [0.5, 0.6) is 0 Å². The van der Waals surface area contributed by atoms with Gasteiger partial charge in [0.25, 0.3) is 0 Å². The molecule has 1 N–H and O–H groups in total. The monoisotopic (exact) mass is 319 g/mol. The summed E-state index contributed by atoms with van der Waals surface area (Å²) in [5.74, 6) is 0. The Kier molecular flexibility index (Phi) is 4.60. The molecule has 5 nitrogen and oxygen atoms in total. The number of piperidine rings is 1. The Labute approximate surface area is 137 Å². The van der Waals surface area contributed by atoms with Crippen molar-refractivity contribution in [3.05, 3.63) is 35.9 Å². The zero-order valence-corrected chi connectivity index (χ0v) is 13.7. The molecule has 2 aliphatic rings. The largest absolute Gasteiger partial charge is 0.449 e. The van der Waals surface area contributed by atoms with Gasteiger partial charge in [-0.3, -0.25) is 0 Å². The summed E-state index contributed by atoms with van der Waals surface area (Å²) in [4.78, 5) is 13.8. The standard InChI is InChI=1S/C18H25NO4/c1-17(12-22-13-17)14-23-16(20)19-9-7-18(21,8-10-19)11-15-5-3-2-4-6-15/h2-6,21H,7-14H2,1H3. The molecule has 0 spiro atoms. The van der Waals surface area contributed by atoms with Crippen LogP contribution in [0.4, 0.5) is 4.79 Å². The van der Waals surface area contributed by atoms with Crippen molar-refractivity contribution in [2.75, 3.05) is 32.9 Å². The number of aliphatic hydroxyl groups is 1. The van der Waals surface area contributed by atoms with E-state index in [2.05, 4.69) is 6.92 Å². The predicted molar refractivity (Wildman–Crippen MR) is 86.2 cm³/mol. The summed E-state index contributed by atoms with van der Waals surface area (Å²) in [7, 11) is 0. The van der Waals surface area contributed by atoms with Crippen LogP contribution in [0.25, 0.3) is 0 Å². The van der Waals surface area contributed by atoms with Gasteiger partial charge in [-0.2, -0.15) is 0 Å². The second-order valence-corrected chi connectivity index (χ2v) is 7.23. The van der Waals surface area contributed by atoms with E-state index in [0.717, 1.165) is 5.56 Å². The summed E-state index contributed by atoms with van der Waals surface area (Å²) in [6, 6.07) is 9.99. The molecular formula is C18H25NO4. The van der Waals surface area contributed by atoms with E-state index < -0.39 is 5.60 Å². The molecule has 1 amide bonds. The van der Waals surface area contributed by atoms with Gasteiger partial charge in [0.15, 0.2) is 0 Å². The second kappa shape index (κ2) is 6.49. The minimum atomic E-state index is -0.730. The molecule has 0 atom stereocenters. The molecule has 0 radical (unpaired) electrons. The third kappa shape index (κ3) is 4.03. The van der Waals surface area contributed by atoms with Gasteiger partial charge in [-0.1, -0.05) is 37.3 Å². The van der Waals surface area contributed by atoms with Crippen molar-refractivity contribution in [1.29, 1.82) is 0 Å². The molecule has 1 aromatic carbocycles. The summed E-state index contributed by atoms with van der Waals surface area (Å²) in [6.45, 7) is 4.83.